The summed E-state index contributed by atoms with van der Waals surface area (Å²) >= 11 is 0. The van der Waals surface area contributed by atoms with Crippen LogP contribution in [0.2, 0.25) is 0 Å². The zero-order chi connectivity index (χ0) is 15.1. The highest BCUT2D eigenvalue weighted by molar-refractivity contribution is 5.93. The minimum absolute atomic E-state index is 0.0558. The molecule has 0 saturated heterocycles. The number of nitro groups is 1. The van der Waals surface area contributed by atoms with Crippen LogP contribution < -0.4 is 5.32 Å². The fraction of sp³-hybridized carbons (Fsp3) is 0.417. The molecule has 0 radical (unpaired) electrons. The van der Waals surface area contributed by atoms with Crippen LogP contribution >= 0.6 is 0 Å². The number of nitro benzene ring substituents is 1. The Morgan fingerprint density at radius 2 is 2.25 bits per heavy atom. The van der Waals surface area contributed by atoms with Gasteiger partial charge in [0.05, 0.1) is 17.6 Å². The van der Waals surface area contributed by atoms with Crippen molar-refractivity contribution in [3.63, 3.8) is 0 Å². The van der Waals surface area contributed by atoms with E-state index in [0.29, 0.717) is 18.7 Å². The Bertz CT molecular complexity index is 485. The van der Waals surface area contributed by atoms with Gasteiger partial charge in [-0.1, -0.05) is 0 Å². The number of benzene rings is 1. The number of nitrogens with zero attached hydrogens (tertiary/aromatic N) is 1. The Balaban J connectivity index is 2.99. The number of aromatic carboxylic acids is 1. The summed E-state index contributed by atoms with van der Waals surface area (Å²) in [6.07, 6.45) is 0.410. The highest BCUT2D eigenvalue weighted by atomic mass is 16.6. The van der Waals surface area contributed by atoms with E-state index in [-0.39, 0.29) is 18.2 Å². The van der Waals surface area contributed by atoms with E-state index in [1.807, 2.05) is 0 Å². The van der Waals surface area contributed by atoms with Gasteiger partial charge in [-0.05, 0) is 18.6 Å². The van der Waals surface area contributed by atoms with E-state index in [2.05, 4.69) is 5.32 Å². The summed E-state index contributed by atoms with van der Waals surface area (Å²) < 4.78 is 4.97. The summed E-state index contributed by atoms with van der Waals surface area (Å²) in [5.41, 5.74) is -0.433. The van der Waals surface area contributed by atoms with E-state index >= 15 is 0 Å². The van der Waals surface area contributed by atoms with Crippen LogP contribution in [0.1, 0.15) is 16.8 Å². The first-order valence-electron chi connectivity index (χ1n) is 5.87. The lowest BCUT2D eigenvalue weighted by Gasteiger charge is -2.18. The Morgan fingerprint density at radius 3 is 2.75 bits per heavy atom. The van der Waals surface area contributed by atoms with Crippen molar-refractivity contribution in [1.82, 2.24) is 0 Å². The molecular weight excluding hydrogens is 268 g/mol. The number of ether oxygens (including phenoxy) is 1. The number of aliphatic hydroxyl groups is 1. The second-order valence-corrected chi connectivity index (χ2v) is 4.10. The van der Waals surface area contributed by atoms with Gasteiger partial charge in [0, 0.05) is 25.5 Å². The molecule has 0 saturated carbocycles. The minimum Gasteiger partial charge on any atom is -0.477 e. The molecule has 0 amide bonds. The van der Waals surface area contributed by atoms with Gasteiger partial charge < -0.3 is 20.3 Å². The Hall–Kier alpha value is -2.19. The lowest BCUT2D eigenvalue weighted by molar-refractivity contribution is -0.385. The number of carboxylic acid groups (broad SMARTS) is 1. The van der Waals surface area contributed by atoms with Gasteiger partial charge in [-0.2, -0.15) is 0 Å². The summed E-state index contributed by atoms with van der Waals surface area (Å²) in [6, 6.07) is 3.53. The number of rotatable bonds is 8. The van der Waals surface area contributed by atoms with Crippen LogP contribution in [0.15, 0.2) is 18.2 Å². The van der Waals surface area contributed by atoms with Gasteiger partial charge >= 0.3 is 5.97 Å². The number of methoxy groups -OCH3 is 1. The normalized spacial score (nSPS) is 11.9. The molecule has 0 bridgehead atoms. The van der Waals surface area contributed by atoms with Gasteiger partial charge in [0.2, 0.25) is 0 Å². The molecule has 1 aromatic rings. The molecule has 0 fully saturated rings. The number of aliphatic hydroxyl groups excluding tert-OH is 1. The molecule has 1 rings (SSSR count). The molecule has 0 aliphatic heterocycles. The van der Waals surface area contributed by atoms with Crippen molar-refractivity contribution in [2.75, 3.05) is 25.6 Å². The predicted molar refractivity (Wildman–Crippen MR) is 71.0 cm³/mol. The molecule has 1 unspecified atom stereocenters. The number of carbonyl (C=O) groups is 1. The summed E-state index contributed by atoms with van der Waals surface area (Å²) in [4.78, 5) is 21.0. The van der Waals surface area contributed by atoms with E-state index in [4.69, 9.17) is 14.9 Å². The topological polar surface area (TPSA) is 122 Å². The van der Waals surface area contributed by atoms with Gasteiger partial charge in [-0.3, -0.25) is 10.1 Å². The van der Waals surface area contributed by atoms with E-state index in [9.17, 15) is 14.9 Å². The van der Waals surface area contributed by atoms with Crippen molar-refractivity contribution < 1.29 is 24.7 Å². The van der Waals surface area contributed by atoms with Crippen molar-refractivity contribution in [2.24, 2.45) is 0 Å². The third kappa shape index (κ3) is 4.18. The van der Waals surface area contributed by atoms with Gasteiger partial charge in [0.25, 0.3) is 5.69 Å². The van der Waals surface area contributed by atoms with Crippen LogP contribution in [0.5, 0.6) is 0 Å². The van der Waals surface area contributed by atoms with Crippen LogP contribution in [0.3, 0.4) is 0 Å². The largest absolute Gasteiger partial charge is 0.477 e. The summed E-state index contributed by atoms with van der Waals surface area (Å²) in [5, 5.41) is 31.6. The van der Waals surface area contributed by atoms with E-state index in [1.54, 1.807) is 0 Å². The van der Waals surface area contributed by atoms with Gasteiger partial charge in [0.15, 0.2) is 0 Å². The van der Waals surface area contributed by atoms with Gasteiger partial charge in [0.1, 0.15) is 5.56 Å². The molecular formula is C12H16N2O6. The monoisotopic (exact) mass is 284 g/mol. The molecule has 1 aromatic carbocycles. The van der Waals surface area contributed by atoms with Crippen LogP contribution in [0.4, 0.5) is 11.4 Å². The lowest BCUT2D eigenvalue weighted by Crippen LogP contribution is -2.26. The van der Waals surface area contributed by atoms with Crippen molar-refractivity contribution in [3.8, 4) is 0 Å². The summed E-state index contributed by atoms with van der Waals surface area (Å²) in [7, 11) is 1.50. The molecule has 8 nitrogen and oxygen atoms in total. The first-order chi connectivity index (χ1) is 9.49. The number of hydrogen-bond acceptors (Lipinski definition) is 6. The Morgan fingerprint density at radius 1 is 1.55 bits per heavy atom. The van der Waals surface area contributed by atoms with E-state index in [0.717, 1.165) is 6.07 Å². The Kier molecular flexibility index (Phi) is 5.88. The van der Waals surface area contributed by atoms with Crippen molar-refractivity contribution in [2.45, 2.75) is 12.5 Å². The molecule has 1 atom stereocenters. The Labute approximate surface area is 115 Å². The predicted octanol–water partition coefficient (Wildman–Crippen LogP) is 1.10. The number of carboxylic acids is 1. The quantitative estimate of drug-likeness (QED) is 0.482. The van der Waals surface area contributed by atoms with Crippen molar-refractivity contribution in [1.29, 1.82) is 0 Å². The summed E-state index contributed by atoms with van der Waals surface area (Å²) in [5.74, 6) is -1.37. The lowest BCUT2D eigenvalue weighted by atomic mass is 10.1. The molecule has 0 spiro atoms. The molecule has 0 aliphatic carbocycles. The number of anilines is 1. The first kappa shape index (κ1) is 15.9. The van der Waals surface area contributed by atoms with Crippen LogP contribution in [-0.4, -0.2) is 47.5 Å². The zero-order valence-electron chi connectivity index (χ0n) is 10.9. The highest BCUT2D eigenvalue weighted by Crippen LogP contribution is 2.23. The molecule has 0 heterocycles. The van der Waals surface area contributed by atoms with Gasteiger partial charge in [-0.15, -0.1) is 0 Å². The van der Waals surface area contributed by atoms with Crippen molar-refractivity contribution >= 4 is 17.3 Å². The van der Waals surface area contributed by atoms with Crippen LogP contribution in [0, 0.1) is 10.1 Å². The molecule has 20 heavy (non-hydrogen) atoms. The third-order valence-electron chi connectivity index (χ3n) is 2.64. The van der Waals surface area contributed by atoms with Crippen LogP contribution in [-0.2, 0) is 4.74 Å². The average molecular weight is 284 g/mol. The van der Waals surface area contributed by atoms with Crippen LogP contribution in [0.25, 0.3) is 0 Å². The standard InChI is InChI=1S/C12H16N2O6/c1-20-7-9(4-5-15)13-8-2-3-11(14(18)19)10(6-8)12(16)17/h2-3,6,9,13,15H,4-5,7H2,1H3,(H,16,17). The second-order valence-electron chi connectivity index (χ2n) is 4.10. The number of hydrogen-bond donors (Lipinski definition) is 3. The van der Waals surface area contributed by atoms with Gasteiger partial charge in [-0.25, -0.2) is 4.79 Å². The zero-order valence-corrected chi connectivity index (χ0v) is 10.9. The molecule has 0 aliphatic rings. The molecule has 0 aromatic heterocycles. The molecule has 3 N–H and O–H groups in total. The molecule has 110 valence electrons. The minimum atomic E-state index is -1.37. The fourth-order valence-corrected chi connectivity index (χ4v) is 1.75. The summed E-state index contributed by atoms with van der Waals surface area (Å²) in [6.45, 7) is 0.264. The maximum absolute atomic E-state index is 11.0. The first-order valence-corrected chi connectivity index (χ1v) is 5.87. The maximum Gasteiger partial charge on any atom is 0.342 e. The number of nitrogens with one attached hydrogen (secondary N) is 1. The fourth-order valence-electron chi connectivity index (χ4n) is 1.75. The third-order valence-corrected chi connectivity index (χ3v) is 2.64. The second kappa shape index (κ2) is 7.41. The molecule has 8 heteroatoms. The van der Waals surface area contributed by atoms with E-state index in [1.165, 1.54) is 19.2 Å². The smallest absolute Gasteiger partial charge is 0.342 e. The SMILES string of the molecule is COCC(CCO)Nc1ccc([N+](=O)[O-])c(C(=O)O)c1. The highest BCUT2D eigenvalue weighted by Gasteiger charge is 2.20. The van der Waals surface area contributed by atoms with E-state index < -0.39 is 16.6 Å². The maximum atomic E-state index is 11.0. The average Bonchev–Trinajstić information content (AvgIpc) is 2.38. The van der Waals surface area contributed by atoms with Crippen molar-refractivity contribution in [3.05, 3.63) is 33.9 Å².